The van der Waals surface area contributed by atoms with E-state index in [0.717, 1.165) is 0 Å². The Bertz CT molecular complexity index is 625. The van der Waals surface area contributed by atoms with Gasteiger partial charge in [0.25, 0.3) is 5.60 Å². The molecule has 11 nitrogen and oxygen atoms in total. The molecule has 0 unspecified atom stereocenters. The van der Waals surface area contributed by atoms with Gasteiger partial charge in [-0.15, -0.1) is 0 Å². The Kier molecular flexibility index (Phi) is 6.14. The number of carbonyl (C=O) groups is 5. The maximum absolute atomic E-state index is 12.0. The van der Waals surface area contributed by atoms with Gasteiger partial charge >= 0.3 is 5.97 Å². The molecule has 0 rings (SSSR count). The van der Waals surface area contributed by atoms with Gasteiger partial charge in [0.1, 0.15) is 0 Å². The molecule has 0 radical (unpaired) electrons. The van der Waals surface area contributed by atoms with Crippen LogP contribution in [-0.2, 0) is 24.0 Å². The molecule has 142 valence electrons. The highest BCUT2D eigenvalue weighted by atomic mass is 16.5. The third-order valence-electron chi connectivity index (χ3n) is 4.30. The molecule has 0 aliphatic carbocycles. The van der Waals surface area contributed by atoms with Crippen molar-refractivity contribution in [2.45, 2.75) is 50.1 Å². The molecule has 11 heteroatoms. The second kappa shape index (κ2) is 6.69. The van der Waals surface area contributed by atoms with E-state index in [1.165, 1.54) is 0 Å². The first kappa shape index (κ1) is 22.9. The van der Waals surface area contributed by atoms with Crippen molar-refractivity contribution in [3.8, 4) is 0 Å². The molecule has 0 saturated heterocycles. The summed E-state index contributed by atoms with van der Waals surface area (Å²) in [5.41, 5.74) is -16.0. The first-order valence-electron chi connectivity index (χ1n) is 6.81. The number of carbonyl (C=O) groups excluding carboxylic acids is 4. The topological polar surface area (TPSA) is 207 Å². The molecule has 0 amide bonds. The van der Waals surface area contributed by atoms with Gasteiger partial charge in [0.05, 0.1) is 6.61 Å². The Morgan fingerprint density at radius 3 is 1.20 bits per heavy atom. The molecule has 0 aliphatic rings. The molecule has 0 aromatic heterocycles. The molecule has 0 aromatic carbocycles. The minimum absolute atomic E-state index is 0.405. The summed E-state index contributed by atoms with van der Waals surface area (Å²) >= 11 is 0. The first-order chi connectivity index (χ1) is 11.0. The van der Waals surface area contributed by atoms with E-state index < -0.39 is 58.1 Å². The molecule has 4 atom stereocenters. The van der Waals surface area contributed by atoms with Crippen LogP contribution in [0.5, 0.6) is 0 Å². The molecule has 0 aliphatic heterocycles. The van der Waals surface area contributed by atoms with E-state index in [1.54, 1.807) is 0 Å². The highest BCUT2D eigenvalue weighted by Gasteiger charge is 2.79. The summed E-state index contributed by atoms with van der Waals surface area (Å²) in [6, 6.07) is 0. The van der Waals surface area contributed by atoms with Crippen molar-refractivity contribution in [3.63, 3.8) is 0 Å². The van der Waals surface area contributed by atoms with E-state index in [2.05, 4.69) is 0 Å². The highest BCUT2D eigenvalue weighted by Crippen LogP contribution is 2.43. The number of carboxylic acids is 1. The molecular weight excluding hydrogens is 344 g/mol. The quantitative estimate of drug-likeness (QED) is 0.220. The number of rotatable bonds is 9. The van der Waals surface area contributed by atoms with E-state index in [0.29, 0.717) is 27.7 Å². The second-order valence-corrected chi connectivity index (χ2v) is 5.68. The Balaban J connectivity index is 7.44. The van der Waals surface area contributed by atoms with Crippen LogP contribution in [0.15, 0.2) is 0 Å². The summed E-state index contributed by atoms with van der Waals surface area (Å²) in [5, 5.41) is 60.4. The van der Waals surface area contributed by atoms with Crippen molar-refractivity contribution >= 4 is 29.1 Å². The van der Waals surface area contributed by atoms with Gasteiger partial charge in [0.15, 0.2) is 28.7 Å². The van der Waals surface area contributed by atoms with Crippen molar-refractivity contribution in [2.24, 2.45) is 0 Å². The third kappa shape index (κ3) is 2.60. The lowest BCUT2D eigenvalue weighted by Gasteiger charge is -2.51. The number of hydrogen-bond acceptors (Lipinski definition) is 10. The maximum atomic E-state index is 12.0. The van der Waals surface area contributed by atoms with Crippen LogP contribution in [0.1, 0.15) is 27.7 Å². The molecule has 25 heavy (non-hydrogen) atoms. The summed E-state index contributed by atoms with van der Waals surface area (Å²) < 4.78 is 0. The van der Waals surface area contributed by atoms with Gasteiger partial charge < -0.3 is 30.6 Å². The average Bonchev–Trinajstić information content (AvgIpc) is 2.49. The zero-order valence-corrected chi connectivity index (χ0v) is 13.9. The minimum atomic E-state index is -4.22. The largest absolute Gasteiger partial charge is 0.479 e. The monoisotopic (exact) mass is 364 g/mol. The Morgan fingerprint density at radius 2 is 1.04 bits per heavy atom. The normalized spacial score (nSPS) is 21.0. The number of hydrogen-bond donors (Lipinski definition) is 6. The van der Waals surface area contributed by atoms with Crippen molar-refractivity contribution in [2.75, 3.05) is 6.61 Å². The van der Waals surface area contributed by atoms with E-state index in [1.807, 2.05) is 0 Å². The lowest BCUT2D eigenvalue weighted by atomic mass is 9.58. The van der Waals surface area contributed by atoms with E-state index in [-0.39, 0.29) is 0 Å². The van der Waals surface area contributed by atoms with Crippen LogP contribution in [0.3, 0.4) is 0 Å². The fraction of sp³-hybridized carbons (Fsp3) is 0.643. The van der Waals surface area contributed by atoms with Crippen LogP contribution < -0.4 is 0 Å². The van der Waals surface area contributed by atoms with Gasteiger partial charge in [0.2, 0.25) is 11.2 Å². The lowest BCUT2D eigenvalue weighted by Crippen LogP contribution is -2.85. The SMILES string of the molecule is CC(=O)[C@](O)(C(=O)O)[C@](O)(C(C)=O)[C@@](O)(C(C)=O)[C@](O)(CO)C(C)=O. The summed E-state index contributed by atoms with van der Waals surface area (Å²) in [5.74, 6) is -9.48. The van der Waals surface area contributed by atoms with Crippen LogP contribution in [0.4, 0.5) is 0 Å². The van der Waals surface area contributed by atoms with E-state index >= 15 is 0 Å². The van der Waals surface area contributed by atoms with Crippen molar-refractivity contribution in [1.82, 2.24) is 0 Å². The fourth-order valence-electron chi connectivity index (χ4n) is 2.66. The average molecular weight is 364 g/mol. The zero-order valence-electron chi connectivity index (χ0n) is 13.9. The third-order valence-corrected chi connectivity index (χ3v) is 4.30. The molecule has 0 saturated carbocycles. The van der Waals surface area contributed by atoms with Crippen LogP contribution in [0.25, 0.3) is 0 Å². The van der Waals surface area contributed by atoms with E-state index in [4.69, 9.17) is 0 Å². The summed E-state index contributed by atoms with van der Waals surface area (Å²) in [7, 11) is 0. The summed E-state index contributed by atoms with van der Waals surface area (Å²) in [6.07, 6.45) is 0. The van der Waals surface area contributed by atoms with Crippen LogP contribution in [0, 0.1) is 0 Å². The number of aliphatic carboxylic acids is 1. The molecule has 0 aromatic rings. The van der Waals surface area contributed by atoms with Gasteiger partial charge in [-0.25, -0.2) is 4.79 Å². The predicted octanol–water partition coefficient (Wildman–Crippen LogP) is -3.66. The predicted molar refractivity (Wildman–Crippen MR) is 77.2 cm³/mol. The minimum Gasteiger partial charge on any atom is -0.479 e. The van der Waals surface area contributed by atoms with Gasteiger partial charge in [-0.1, -0.05) is 0 Å². The smallest absolute Gasteiger partial charge is 0.347 e. The lowest BCUT2D eigenvalue weighted by molar-refractivity contribution is -0.268. The Labute approximate surface area is 141 Å². The Morgan fingerprint density at radius 1 is 0.680 bits per heavy atom. The molecule has 0 heterocycles. The van der Waals surface area contributed by atoms with Crippen LogP contribution >= 0.6 is 0 Å². The molecule has 0 bridgehead atoms. The number of Topliss-reactive ketones (excluding diaryl/α,β-unsaturated/α-hetero) is 4. The van der Waals surface area contributed by atoms with Crippen molar-refractivity contribution < 1.29 is 54.6 Å². The second-order valence-electron chi connectivity index (χ2n) is 5.68. The van der Waals surface area contributed by atoms with Gasteiger partial charge in [-0.3, -0.25) is 19.2 Å². The van der Waals surface area contributed by atoms with Crippen molar-refractivity contribution in [1.29, 1.82) is 0 Å². The number of aliphatic hydroxyl groups excluding tert-OH is 1. The van der Waals surface area contributed by atoms with Crippen molar-refractivity contribution in [3.05, 3.63) is 0 Å². The standard InChI is InChI=1S/C14H20O11/c1-6(16)11(22,5-15)13(24,8(3)18)14(25,9(4)19)12(23,7(2)17)10(20)21/h15,22-25H,5H2,1-4H3,(H,20,21)/t11-,12-,13+,14+/m0/s1. The molecular formula is C14H20O11. The Hall–Kier alpha value is -2.05. The summed E-state index contributed by atoms with van der Waals surface area (Å²) in [6.45, 7) is 0.0802. The fourth-order valence-corrected chi connectivity index (χ4v) is 2.66. The number of carboxylic acid groups (broad SMARTS) is 1. The number of aliphatic hydroxyl groups is 5. The molecule has 0 fully saturated rings. The first-order valence-corrected chi connectivity index (χ1v) is 6.81. The maximum Gasteiger partial charge on any atom is 0.347 e. The number of ketones is 4. The molecule has 6 N–H and O–H groups in total. The van der Waals surface area contributed by atoms with E-state index in [9.17, 15) is 54.6 Å². The highest BCUT2D eigenvalue weighted by molar-refractivity contribution is 6.16. The van der Waals surface area contributed by atoms with Gasteiger partial charge in [-0.05, 0) is 27.7 Å². The van der Waals surface area contributed by atoms with Crippen LogP contribution in [-0.4, -0.2) is 88.8 Å². The molecule has 0 spiro atoms. The van der Waals surface area contributed by atoms with Crippen LogP contribution in [0.2, 0.25) is 0 Å². The summed E-state index contributed by atoms with van der Waals surface area (Å²) in [4.78, 5) is 58.9. The van der Waals surface area contributed by atoms with Gasteiger partial charge in [0, 0.05) is 0 Å². The zero-order chi connectivity index (χ0) is 20.6. The van der Waals surface area contributed by atoms with Gasteiger partial charge in [-0.2, -0.15) is 0 Å².